The number of carbonyl (C=O) groups is 1. The van der Waals surface area contributed by atoms with E-state index < -0.39 is 5.95 Å². The molecule has 0 bridgehead atoms. The summed E-state index contributed by atoms with van der Waals surface area (Å²) in [5, 5.41) is 3.64. The van der Waals surface area contributed by atoms with Gasteiger partial charge in [-0.3, -0.25) is 4.79 Å². The quantitative estimate of drug-likeness (QED) is 0.806. The fourth-order valence-electron chi connectivity index (χ4n) is 3.47. The van der Waals surface area contributed by atoms with Gasteiger partial charge in [-0.25, -0.2) is 4.98 Å². The molecule has 1 amide bonds. The maximum absolute atomic E-state index is 13.2. The smallest absolute Gasteiger partial charge is 0.258 e. The van der Waals surface area contributed by atoms with Crippen LogP contribution in [0.25, 0.3) is 0 Å². The first-order valence-electron chi connectivity index (χ1n) is 9.26. The van der Waals surface area contributed by atoms with Gasteiger partial charge in [0.2, 0.25) is 5.95 Å². The van der Waals surface area contributed by atoms with Gasteiger partial charge in [0.1, 0.15) is 0 Å². The Bertz CT molecular complexity index is 817. The van der Waals surface area contributed by atoms with E-state index in [1.54, 1.807) is 14.0 Å². The molecule has 0 aliphatic heterocycles. The topological polar surface area (TPSA) is 45.2 Å². The highest BCUT2D eigenvalue weighted by molar-refractivity contribution is 6.06. The van der Waals surface area contributed by atoms with Crippen LogP contribution in [0.4, 0.5) is 10.1 Å². The van der Waals surface area contributed by atoms with Crippen LogP contribution in [0.2, 0.25) is 0 Å². The summed E-state index contributed by atoms with van der Waals surface area (Å²) >= 11 is 0. The SMILES string of the molecule is Cc1cc(F)ncc1N(C)C(=O)c1ccc([C@@H]2C[C@H]2NCC2CC2)cc1. The molecule has 2 fully saturated rings. The number of nitrogens with one attached hydrogen (secondary N) is 1. The van der Waals surface area contributed by atoms with Crippen LogP contribution in [0.5, 0.6) is 0 Å². The number of amides is 1. The molecule has 0 radical (unpaired) electrons. The standard InChI is InChI=1S/C21H24FN3O/c1-13-9-20(22)24-12-19(13)25(2)21(26)16-7-5-15(6-8-16)17-10-18(17)23-11-14-3-4-14/h5-9,12,14,17-18,23H,3-4,10-11H2,1-2H3/t17-,18+/m0/s1. The molecule has 2 aliphatic carbocycles. The second-order valence-corrected chi connectivity index (χ2v) is 7.58. The molecule has 2 atom stereocenters. The molecule has 0 spiro atoms. The second kappa shape index (κ2) is 6.80. The number of hydrogen-bond donors (Lipinski definition) is 1. The van der Waals surface area contributed by atoms with Crippen LogP contribution in [0.15, 0.2) is 36.5 Å². The number of aryl methyl sites for hydroxylation is 1. The minimum Gasteiger partial charge on any atom is -0.313 e. The molecular weight excluding hydrogens is 329 g/mol. The lowest BCUT2D eigenvalue weighted by Crippen LogP contribution is -2.27. The molecule has 26 heavy (non-hydrogen) atoms. The summed E-state index contributed by atoms with van der Waals surface area (Å²) in [7, 11) is 1.69. The van der Waals surface area contributed by atoms with E-state index in [1.165, 1.54) is 42.0 Å². The van der Waals surface area contributed by atoms with Crippen molar-refractivity contribution in [3.05, 3.63) is 59.2 Å². The molecule has 1 aromatic heterocycles. The molecular formula is C21H24FN3O. The molecule has 1 N–H and O–H groups in total. The Balaban J connectivity index is 1.40. The van der Waals surface area contributed by atoms with Crippen LogP contribution in [-0.2, 0) is 0 Å². The van der Waals surface area contributed by atoms with Crippen LogP contribution in [0.3, 0.4) is 0 Å². The molecule has 4 nitrogen and oxygen atoms in total. The summed E-state index contributed by atoms with van der Waals surface area (Å²) in [6, 6.07) is 9.81. The normalized spacial score (nSPS) is 21.5. The van der Waals surface area contributed by atoms with Crippen LogP contribution in [0.1, 0.15) is 46.7 Å². The number of rotatable bonds is 6. The number of anilines is 1. The maximum Gasteiger partial charge on any atom is 0.258 e. The Morgan fingerprint density at radius 2 is 2.04 bits per heavy atom. The Labute approximate surface area is 153 Å². The lowest BCUT2D eigenvalue weighted by molar-refractivity contribution is 0.0992. The van der Waals surface area contributed by atoms with Gasteiger partial charge in [-0.15, -0.1) is 0 Å². The van der Waals surface area contributed by atoms with Gasteiger partial charge in [0.15, 0.2) is 0 Å². The first kappa shape index (κ1) is 17.2. The van der Waals surface area contributed by atoms with Crippen molar-refractivity contribution in [1.29, 1.82) is 0 Å². The Morgan fingerprint density at radius 1 is 1.31 bits per heavy atom. The third-order valence-electron chi connectivity index (χ3n) is 5.46. The Kier molecular flexibility index (Phi) is 4.49. The molecule has 5 heteroatoms. The summed E-state index contributed by atoms with van der Waals surface area (Å²) in [6.07, 6.45) is 5.33. The van der Waals surface area contributed by atoms with Crippen molar-refractivity contribution >= 4 is 11.6 Å². The number of benzene rings is 1. The number of aromatic nitrogens is 1. The van der Waals surface area contributed by atoms with Crippen molar-refractivity contribution < 1.29 is 9.18 Å². The van der Waals surface area contributed by atoms with Gasteiger partial charge in [-0.1, -0.05) is 12.1 Å². The van der Waals surface area contributed by atoms with Gasteiger partial charge < -0.3 is 10.2 Å². The lowest BCUT2D eigenvalue weighted by atomic mass is 10.1. The number of carbonyl (C=O) groups excluding carboxylic acids is 1. The van der Waals surface area contributed by atoms with Gasteiger partial charge in [0.05, 0.1) is 11.9 Å². The van der Waals surface area contributed by atoms with Crippen molar-refractivity contribution in [2.75, 3.05) is 18.5 Å². The summed E-state index contributed by atoms with van der Waals surface area (Å²) < 4.78 is 13.2. The third-order valence-corrected chi connectivity index (χ3v) is 5.46. The van der Waals surface area contributed by atoms with Gasteiger partial charge in [-0.05, 0) is 68.0 Å². The van der Waals surface area contributed by atoms with Gasteiger partial charge in [-0.2, -0.15) is 4.39 Å². The molecule has 0 saturated heterocycles. The summed E-state index contributed by atoms with van der Waals surface area (Å²) in [5.41, 5.74) is 3.22. The molecule has 2 aliphatic rings. The van der Waals surface area contributed by atoms with Gasteiger partial charge in [0.25, 0.3) is 5.91 Å². The predicted octanol–water partition coefficient (Wildman–Crippen LogP) is 3.66. The van der Waals surface area contributed by atoms with Crippen molar-refractivity contribution in [2.45, 2.75) is 38.1 Å². The number of nitrogens with zero attached hydrogens (tertiary/aromatic N) is 2. The number of pyridine rings is 1. The monoisotopic (exact) mass is 353 g/mol. The van der Waals surface area contributed by atoms with E-state index in [4.69, 9.17) is 0 Å². The maximum atomic E-state index is 13.2. The fourth-order valence-corrected chi connectivity index (χ4v) is 3.47. The van der Waals surface area contributed by atoms with E-state index in [-0.39, 0.29) is 5.91 Å². The zero-order valence-electron chi connectivity index (χ0n) is 15.2. The number of hydrogen-bond acceptors (Lipinski definition) is 3. The highest BCUT2D eigenvalue weighted by atomic mass is 19.1. The average molecular weight is 353 g/mol. The van der Waals surface area contributed by atoms with Crippen LogP contribution in [0, 0.1) is 18.8 Å². The minimum absolute atomic E-state index is 0.118. The number of halogens is 1. The highest BCUT2D eigenvalue weighted by Gasteiger charge is 2.38. The first-order chi connectivity index (χ1) is 12.5. The first-order valence-corrected chi connectivity index (χ1v) is 9.26. The minimum atomic E-state index is -0.536. The van der Waals surface area contributed by atoms with E-state index >= 15 is 0 Å². The van der Waals surface area contributed by atoms with Crippen LogP contribution in [-0.4, -0.2) is 30.5 Å². The predicted molar refractivity (Wildman–Crippen MR) is 100.0 cm³/mol. The summed E-state index contributed by atoms with van der Waals surface area (Å²) in [5.74, 6) is 0.813. The Hall–Kier alpha value is -2.27. The Morgan fingerprint density at radius 3 is 2.69 bits per heavy atom. The molecule has 2 aromatic rings. The van der Waals surface area contributed by atoms with Crippen molar-refractivity contribution in [1.82, 2.24) is 10.3 Å². The summed E-state index contributed by atoms with van der Waals surface area (Å²) in [6.45, 7) is 2.92. The molecule has 1 aromatic carbocycles. The lowest BCUT2D eigenvalue weighted by Gasteiger charge is -2.19. The van der Waals surface area contributed by atoms with E-state index in [9.17, 15) is 9.18 Å². The van der Waals surface area contributed by atoms with Crippen molar-refractivity contribution in [3.8, 4) is 0 Å². The van der Waals surface area contributed by atoms with E-state index in [0.29, 0.717) is 28.8 Å². The van der Waals surface area contributed by atoms with Gasteiger partial charge in [0, 0.05) is 24.6 Å². The van der Waals surface area contributed by atoms with Crippen LogP contribution >= 0.6 is 0 Å². The molecule has 0 unspecified atom stereocenters. The van der Waals surface area contributed by atoms with Crippen molar-refractivity contribution in [3.63, 3.8) is 0 Å². The zero-order valence-corrected chi connectivity index (χ0v) is 15.2. The second-order valence-electron chi connectivity index (χ2n) is 7.58. The van der Waals surface area contributed by atoms with Crippen molar-refractivity contribution in [2.24, 2.45) is 5.92 Å². The van der Waals surface area contributed by atoms with E-state index in [1.807, 2.05) is 12.1 Å². The highest BCUT2D eigenvalue weighted by Crippen LogP contribution is 2.41. The molecule has 2 saturated carbocycles. The van der Waals surface area contributed by atoms with E-state index in [0.717, 1.165) is 12.5 Å². The fraction of sp³-hybridized carbons (Fsp3) is 0.429. The van der Waals surface area contributed by atoms with Crippen LogP contribution < -0.4 is 10.2 Å². The molecule has 4 rings (SSSR count). The molecule has 136 valence electrons. The largest absolute Gasteiger partial charge is 0.313 e. The van der Waals surface area contributed by atoms with Gasteiger partial charge >= 0.3 is 0 Å². The summed E-state index contributed by atoms with van der Waals surface area (Å²) in [4.78, 5) is 17.9. The third kappa shape index (κ3) is 3.63. The van der Waals surface area contributed by atoms with E-state index in [2.05, 4.69) is 22.4 Å². The average Bonchev–Trinajstić information content (AvgIpc) is 3.53. The molecule has 1 heterocycles. The zero-order chi connectivity index (χ0) is 18.3.